The standard InChI is InChI=1S/C23H39N3O3/c1-5-10-26-16-18(14-24-26)15-25-11-8-23(9-12-25)13-20(28-17-23)22(4)7-6-19(27)21(2,3)29-22/h14,16,19-20,27H,5-13,15,17H2,1-4H3/t19-,20+,22+/m0/s1. The lowest BCUT2D eigenvalue weighted by molar-refractivity contribution is -0.245. The van der Waals surface area contributed by atoms with Crippen molar-refractivity contribution in [3.63, 3.8) is 0 Å². The molecule has 6 heteroatoms. The van der Waals surface area contributed by atoms with E-state index in [1.807, 2.05) is 20.0 Å². The molecule has 3 fully saturated rings. The van der Waals surface area contributed by atoms with Gasteiger partial charge in [-0.1, -0.05) is 6.92 Å². The fourth-order valence-electron chi connectivity index (χ4n) is 5.53. The molecule has 1 N–H and O–H groups in total. The van der Waals surface area contributed by atoms with Gasteiger partial charge in [-0.05, 0) is 77.8 Å². The van der Waals surface area contributed by atoms with Crippen LogP contribution in [0.5, 0.6) is 0 Å². The number of aliphatic hydroxyl groups is 1. The van der Waals surface area contributed by atoms with Gasteiger partial charge >= 0.3 is 0 Å². The molecule has 29 heavy (non-hydrogen) atoms. The van der Waals surface area contributed by atoms with Crippen LogP contribution >= 0.6 is 0 Å². The smallest absolute Gasteiger partial charge is 0.0924 e. The van der Waals surface area contributed by atoms with E-state index in [4.69, 9.17) is 9.47 Å². The zero-order chi connectivity index (χ0) is 20.7. The molecule has 6 nitrogen and oxygen atoms in total. The molecule has 0 amide bonds. The molecule has 4 rings (SSSR count). The topological polar surface area (TPSA) is 59.8 Å². The highest BCUT2D eigenvalue weighted by atomic mass is 16.6. The number of piperidine rings is 1. The van der Waals surface area contributed by atoms with Gasteiger partial charge in [-0.25, -0.2) is 0 Å². The van der Waals surface area contributed by atoms with Crippen LogP contribution in [-0.4, -0.2) is 62.9 Å². The Bertz CT molecular complexity index is 695. The summed E-state index contributed by atoms with van der Waals surface area (Å²) in [5.74, 6) is 0. The normalized spacial score (nSPS) is 34.7. The highest BCUT2D eigenvalue weighted by Gasteiger charge is 2.53. The fraction of sp³-hybridized carbons (Fsp3) is 0.870. The van der Waals surface area contributed by atoms with E-state index in [9.17, 15) is 5.11 Å². The highest BCUT2D eigenvalue weighted by Crippen LogP contribution is 2.49. The molecule has 164 valence electrons. The van der Waals surface area contributed by atoms with Crippen LogP contribution in [0.25, 0.3) is 0 Å². The fourth-order valence-corrected chi connectivity index (χ4v) is 5.53. The van der Waals surface area contributed by atoms with Gasteiger partial charge in [0.25, 0.3) is 0 Å². The Morgan fingerprint density at radius 1 is 1.21 bits per heavy atom. The minimum Gasteiger partial charge on any atom is -0.390 e. The third kappa shape index (κ3) is 4.41. The molecule has 3 aliphatic heterocycles. The third-order valence-electron chi connectivity index (χ3n) is 7.57. The largest absolute Gasteiger partial charge is 0.390 e. The maximum absolute atomic E-state index is 10.3. The average Bonchev–Trinajstić information content (AvgIpc) is 3.29. The summed E-state index contributed by atoms with van der Waals surface area (Å²) in [6.07, 6.45) is 10.2. The van der Waals surface area contributed by atoms with Crippen molar-refractivity contribution >= 4 is 0 Å². The van der Waals surface area contributed by atoms with Crippen molar-refractivity contribution < 1.29 is 14.6 Å². The van der Waals surface area contributed by atoms with Gasteiger partial charge in [0.1, 0.15) is 0 Å². The van der Waals surface area contributed by atoms with E-state index in [-0.39, 0.29) is 11.7 Å². The summed E-state index contributed by atoms with van der Waals surface area (Å²) in [5, 5.41) is 14.7. The Morgan fingerprint density at radius 2 is 1.97 bits per heavy atom. The molecule has 0 aromatic carbocycles. The number of rotatable bonds is 5. The Kier molecular flexibility index (Phi) is 5.84. The number of ether oxygens (including phenoxy) is 2. The highest BCUT2D eigenvalue weighted by molar-refractivity contribution is 5.06. The minimum absolute atomic E-state index is 0.133. The lowest BCUT2D eigenvalue weighted by Gasteiger charge is -2.48. The van der Waals surface area contributed by atoms with Crippen molar-refractivity contribution in [2.24, 2.45) is 5.41 Å². The van der Waals surface area contributed by atoms with Crippen LogP contribution < -0.4 is 0 Å². The first-order valence-corrected chi connectivity index (χ1v) is 11.5. The minimum atomic E-state index is -0.502. The molecule has 3 saturated heterocycles. The summed E-state index contributed by atoms with van der Waals surface area (Å²) in [5.41, 5.74) is 0.813. The summed E-state index contributed by atoms with van der Waals surface area (Å²) >= 11 is 0. The lowest BCUT2D eigenvalue weighted by Crippen LogP contribution is -2.56. The zero-order valence-electron chi connectivity index (χ0n) is 18.7. The Labute approximate surface area is 175 Å². The number of hydrogen-bond acceptors (Lipinski definition) is 5. The summed E-state index contributed by atoms with van der Waals surface area (Å²) < 4.78 is 14.8. The van der Waals surface area contributed by atoms with Crippen molar-refractivity contribution in [1.29, 1.82) is 0 Å². The summed E-state index contributed by atoms with van der Waals surface area (Å²) in [6.45, 7) is 13.5. The maximum Gasteiger partial charge on any atom is 0.0924 e. The predicted molar refractivity (Wildman–Crippen MR) is 113 cm³/mol. The van der Waals surface area contributed by atoms with Gasteiger partial charge in [-0.3, -0.25) is 9.58 Å². The first-order valence-electron chi connectivity index (χ1n) is 11.5. The van der Waals surface area contributed by atoms with E-state index in [1.54, 1.807) is 0 Å². The monoisotopic (exact) mass is 405 g/mol. The number of aryl methyl sites for hydroxylation is 1. The number of nitrogens with zero attached hydrogens (tertiary/aromatic N) is 3. The Morgan fingerprint density at radius 3 is 2.66 bits per heavy atom. The van der Waals surface area contributed by atoms with E-state index in [1.165, 1.54) is 18.4 Å². The molecule has 0 unspecified atom stereocenters. The van der Waals surface area contributed by atoms with Crippen molar-refractivity contribution in [2.75, 3.05) is 19.7 Å². The quantitative estimate of drug-likeness (QED) is 0.814. The number of likely N-dealkylation sites (tertiary alicyclic amines) is 1. The zero-order valence-corrected chi connectivity index (χ0v) is 18.7. The van der Waals surface area contributed by atoms with Gasteiger partial charge in [0.05, 0.1) is 36.2 Å². The van der Waals surface area contributed by atoms with Crippen LogP contribution in [-0.2, 0) is 22.6 Å². The second kappa shape index (κ2) is 7.95. The molecule has 1 spiro atoms. The molecule has 0 radical (unpaired) electrons. The van der Waals surface area contributed by atoms with Gasteiger partial charge in [0.2, 0.25) is 0 Å². The molecule has 3 atom stereocenters. The average molecular weight is 406 g/mol. The van der Waals surface area contributed by atoms with Crippen molar-refractivity contribution in [3.05, 3.63) is 18.0 Å². The van der Waals surface area contributed by atoms with Crippen molar-refractivity contribution in [2.45, 2.75) is 103 Å². The molecule has 0 bridgehead atoms. The number of aromatic nitrogens is 2. The second-order valence-electron chi connectivity index (χ2n) is 10.5. The van der Waals surface area contributed by atoms with E-state index in [0.29, 0.717) is 5.41 Å². The van der Waals surface area contributed by atoms with Crippen molar-refractivity contribution in [3.8, 4) is 0 Å². The van der Waals surface area contributed by atoms with E-state index in [2.05, 4.69) is 34.7 Å². The molecular weight excluding hydrogens is 366 g/mol. The predicted octanol–water partition coefficient (Wildman–Crippen LogP) is 3.37. The molecule has 4 heterocycles. The van der Waals surface area contributed by atoms with Gasteiger partial charge in [0.15, 0.2) is 0 Å². The molecule has 0 aliphatic carbocycles. The molecule has 1 aromatic rings. The maximum atomic E-state index is 10.3. The molecule has 3 aliphatic rings. The third-order valence-corrected chi connectivity index (χ3v) is 7.57. The van der Waals surface area contributed by atoms with Crippen LogP contribution in [0.15, 0.2) is 12.4 Å². The van der Waals surface area contributed by atoms with Crippen LogP contribution in [0.3, 0.4) is 0 Å². The van der Waals surface area contributed by atoms with Crippen LogP contribution in [0.2, 0.25) is 0 Å². The molecule has 0 saturated carbocycles. The van der Waals surface area contributed by atoms with Crippen LogP contribution in [0.1, 0.15) is 71.8 Å². The van der Waals surface area contributed by atoms with E-state index < -0.39 is 11.7 Å². The molecular formula is C23H39N3O3. The van der Waals surface area contributed by atoms with Crippen LogP contribution in [0.4, 0.5) is 0 Å². The van der Waals surface area contributed by atoms with Gasteiger partial charge in [0, 0.05) is 24.8 Å². The Balaban J connectivity index is 1.31. The number of aliphatic hydroxyl groups excluding tert-OH is 1. The van der Waals surface area contributed by atoms with Gasteiger partial charge in [-0.2, -0.15) is 5.10 Å². The van der Waals surface area contributed by atoms with Crippen LogP contribution in [0, 0.1) is 5.41 Å². The summed E-state index contributed by atoms with van der Waals surface area (Å²) in [7, 11) is 0. The van der Waals surface area contributed by atoms with E-state index in [0.717, 1.165) is 58.5 Å². The van der Waals surface area contributed by atoms with E-state index >= 15 is 0 Å². The Hall–Kier alpha value is -0.950. The van der Waals surface area contributed by atoms with Gasteiger partial charge in [-0.15, -0.1) is 0 Å². The first kappa shape index (κ1) is 21.3. The lowest BCUT2D eigenvalue weighted by atomic mass is 9.73. The first-order chi connectivity index (χ1) is 13.7. The van der Waals surface area contributed by atoms with Crippen molar-refractivity contribution in [1.82, 2.24) is 14.7 Å². The SMILES string of the molecule is CCCn1cc(CN2CCC3(CC2)CO[C@@H]([C@@]2(C)CC[C@H](O)C(C)(C)O2)C3)cn1. The summed E-state index contributed by atoms with van der Waals surface area (Å²) in [6, 6.07) is 0. The second-order valence-corrected chi connectivity index (χ2v) is 10.5. The van der Waals surface area contributed by atoms with Gasteiger partial charge < -0.3 is 14.6 Å². The summed E-state index contributed by atoms with van der Waals surface area (Å²) in [4.78, 5) is 2.56. The number of hydrogen-bond donors (Lipinski definition) is 1. The molecule has 1 aromatic heterocycles.